The monoisotopic (exact) mass is 486 g/mol. The molecule has 4 nitrogen and oxygen atoms in total. The third kappa shape index (κ3) is 8.64. The molecule has 174 valence electrons. The summed E-state index contributed by atoms with van der Waals surface area (Å²) in [7, 11) is -3.10. The van der Waals surface area contributed by atoms with Crippen molar-refractivity contribution in [2.45, 2.75) is 44.4 Å². The van der Waals surface area contributed by atoms with Gasteiger partial charge in [0, 0.05) is 18.5 Å². The Bertz CT molecular complexity index is 910. The number of nitrogens with one attached hydrogen (secondary N) is 1. The Labute approximate surface area is 200 Å². The van der Waals surface area contributed by atoms with Gasteiger partial charge >= 0.3 is 0 Å². The van der Waals surface area contributed by atoms with Gasteiger partial charge in [-0.25, -0.2) is 8.42 Å². The second kappa shape index (κ2) is 12.7. The summed E-state index contributed by atoms with van der Waals surface area (Å²) >= 11 is 0. The highest BCUT2D eigenvalue weighted by molar-refractivity contribution is 7.90. The third-order valence-electron chi connectivity index (χ3n) is 6.07. The second-order valence-corrected chi connectivity index (χ2v) is 10.5. The van der Waals surface area contributed by atoms with Crippen LogP contribution in [0.3, 0.4) is 0 Å². The van der Waals surface area contributed by atoms with Crippen LogP contribution in [0.5, 0.6) is 0 Å². The number of nitrogens with zero attached hydrogens (tertiary/aromatic N) is 1. The Hall–Kier alpha value is -1.27. The lowest BCUT2D eigenvalue weighted by atomic mass is 9.90. The van der Waals surface area contributed by atoms with Gasteiger partial charge in [0.15, 0.2) is 9.84 Å². The molecule has 3 rings (SSSR count). The molecule has 0 aromatic heterocycles. The molecular formula is C24H36Cl2N2O2S. The average molecular weight is 488 g/mol. The molecule has 1 aliphatic rings. The number of rotatable bonds is 8. The van der Waals surface area contributed by atoms with E-state index in [4.69, 9.17) is 0 Å². The number of likely N-dealkylation sites (tertiary alicyclic amines) is 1. The number of anilines is 1. The average Bonchev–Trinajstić information content (AvgIpc) is 2.69. The maximum Gasteiger partial charge on any atom is 0.175 e. The number of hydrogen-bond acceptors (Lipinski definition) is 4. The number of aryl methyl sites for hydroxylation is 2. The van der Waals surface area contributed by atoms with Gasteiger partial charge < -0.3 is 10.2 Å². The predicted molar refractivity (Wildman–Crippen MR) is 136 cm³/mol. The summed E-state index contributed by atoms with van der Waals surface area (Å²) in [6.07, 6.45) is 5.91. The topological polar surface area (TPSA) is 49.4 Å². The first-order chi connectivity index (χ1) is 13.8. The Morgan fingerprint density at radius 2 is 1.61 bits per heavy atom. The van der Waals surface area contributed by atoms with Crippen molar-refractivity contribution in [1.29, 1.82) is 0 Å². The van der Waals surface area contributed by atoms with Crippen LogP contribution in [-0.2, 0) is 16.3 Å². The Morgan fingerprint density at radius 3 is 2.19 bits per heavy atom. The van der Waals surface area contributed by atoms with Gasteiger partial charge in [-0.2, -0.15) is 0 Å². The Morgan fingerprint density at radius 1 is 0.968 bits per heavy atom. The van der Waals surface area contributed by atoms with E-state index in [1.54, 1.807) is 12.1 Å². The van der Waals surface area contributed by atoms with Crippen LogP contribution < -0.4 is 5.32 Å². The molecule has 0 aliphatic carbocycles. The summed E-state index contributed by atoms with van der Waals surface area (Å²) in [5.41, 5.74) is 5.13. The summed E-state index contributed by atoms with van der Waals surface area (Å²) < 4.78 is 23.2. The zero-order valence-corrected chi connectivity index (χ0v) is 21.2. The van der Waals surface area contributed by atoms with Crippen LogP contribution in [0.1, 0.15) is 36.0 Å². The van der Waals surface area contributed by atoms with Crippen LogP contribution in [0.25, 0.3) is 0 Å². The van der Waals surface area contributed by atoms with E-state index in [2.05, 4.69) is 42.3 Å². The van der Waals surface area contributed by atoms with Gasteiger partial charge in [-0.1, -0.05) is 18.2 Å². The number of halogens is 2. The van der Waals surface area contributed by atoms with Crippen molar-refractivity contribution in [3.63, 3.8) is 0 Å². The van der Waals surface area contributed by atoms with Gasteiger partial charge in [0.2, 0.25) is 0 Å². The van der Waals surface area contributed by atoms with Crippen LogP contribution >= 0.6 is 24.8 Å². The molecule has 0 radical (unpaired) electrons. The summed E-state index contributed by atoms with van der Waals surface area (Å²) in [6, 6.07) is 14.0. The first-order valence-corrected chi connectivity index (χ1v) is 12.5. The molecule has 0 bridgehead atoms. The fourth-order valence-corrected chi connectivity index (χ4v) is 4.64. The Balaban J connectivity index is 0.00000240. The van der Waals surface area contributed by atoms with Crippen molar-refractivity contribution in [2.75, 3.05) is 37.8 Å². The third-order valence-corrected chi connectivity index (χ3v) is 7.20. The number of hydrogen-bond donors (Lipinski definition) is 1. The molecule has 1 N–H and O–H groups in total. The molecule has 0 unspecified atom stereocenters. The highest BCUT2D eigenvalue weighted by Crippen LogP contribution is 2.23. The molecule has 7 heteroatoms. The van der Waals surface area contributed by atoms with Crippen LogP contribution in [0, 0.1) is 19.8 Å². The van der Waals surface area contributed by atoms with E-state index in [9.17, 15) is 8.42 Å². The quantitative estimate of drug-likeness (QED) is 0.513. The minimum atomic E-state index is -3.10. The van der Waals surface area contributed by atoms with E-state index >= 15 is 0 Å². The van der Waals surface area contributed by atoms with Gasteiger partial charge in [0.1, 0.15) is 0 Å². The summed E-state index contributed by atoms with van der Waals surface area (Å²) in [6.45, 7) is 8.78. The van der Waals surface area contributed by atoms with Gasteiger partial charge in [0.05, 0.1) is 4.90 Å². The van der Waals surface area contributed by atoms with E-state index < -0.39 is 9.84 Å². The van der Waals surface area contributed by atoms with Crippen LogP contribution in [0.2, 0.25) is 0 Å². The van der Waals surface area contributed by atoms with E-state index in [0.29, 0.717) is 10.8 Å². The molecule has 1 saturated heterocycles. The minimum absolute atomic E-state index is 0. The molecule has 1 heterocycles. The molecule has 2 aromatic rings. The minimum Gasteiger partial charge on any atom is -0.385 e. The second-order valence-electron chi connectivity index (χ2n) is 8.48. The molecular weight excluding hydrogens is 451 g/mol. The van der Waals surface area contributed by atoms with Crippen molar-refractivity contribution in [1.82, 2.24) is 4.90 Å². The van der Waals surface area contributed by atoms with Gasteiger partial charge in [0.25, 0.3) is 0 Å². The fourth-order valence-electron chi connectivity index (χ4n) is 4.01. The van der Waals surface area contributed by atoms with Crippen molar-refractivity contribution in [3.8, 4) is 0 Å². The van der Waals surface area contributed by atoms with Crippen molar-refractivity contribution < 1.29 is 8.42 Å². The number of benzene rings is 2. The molecule has 1 fully saturated rings. The SMILES string of the molecule is Cc1ccc(NCCCN2CCC(Cc3ccc(S(C)(=O)=O)cc3)CC2)cc1C.Cl.Cl. The highest BCUT2D eigenvalue weighted by atomic mass is 35.5. The largest absolute Gasteiger partial charge is 0.385 e. The summed E-state index contributed by atoms with van der Waals surface area (Å²) in [5, 5.41) is 3.54. The Kier molecular flexibility index (Phi) is 11.4. The van der Waals surface area contributed by atoms with Crippen molar-refractivity contribution in [2.24, 2.45) is 5.92 Å². The molecule has 0 amide bonds. The van der Waals surface area contributed by atoms with Crippen LogP contribution in [0.4, 0.5) is 5.69 Å². The van der Waals surface area contributed by atoms with Gasteiger partial charge in [-0.3, -0.25) is 0 Å². The number of sulfone groups is 1. The van der Waals surface area contributed by atoms with Crippen LogP contribution in [0.15, 0.2) is 47.4 Å². The maximum absolute atomic E-state index is 11.6. The lowest BCUT2D eigenvalue weighted by molar-refractivity contribution is 0.183. The zero-order valence-electron chi connectivity index (χ0n) is 18.8. The first kappa shape index (κ1) is 27.8. The predicted octanol–water partition coefficient (Wildman–Crippen LogP) is 5.31. The fraction of sp³-hybridized carbons (Fsp3) is 0.500. The molecule has 0 saturated carbocycles. The zero-order chi connectivity index (χ0) is 20.9. The molecule has 2 aromatic carbocycles. The van der Waals surface area contributed by atoms with Gasteiger partial charge in [-0.15, -0.1) is 24.8 Å². The molecule has 0 atom stereocenters. The smallest absolute Gasteiger partial charge is 0.175 e. The lowest BCUT2D eigenvalue weighted by Crippen LogP contribution is -2.35. The van der Waals surface area contributed by atoms with E-state index in [-0.39, 0.29) is 24.8 Å². The molecule has 1 aliphatic heterocycles. The maximum atomic E-state index is 11.6. The van der Waals surface area contributed by atoms with E-state index in [0.717, 1.165) is 39.0 Å². The summed E-state index contributed by atoms with van der Waals surface area (Å²) in [4.78, 5) is 2.98. The van der Waals surface area contributed by atoms with E-state index in [1.165, 1.54) is 41.5 Å². The molecule has 0 spiro atoms. The standard InChI is InChI=1S/C24H34N2O2S.2ClH/c1-19-5-8-23(17-20(19)2)25-13-4-14-26-15-11-22(12-16-26)18-21-6-9-24(10-7-21)29(3,27)28;;/h5-10,17,22,25H,4,11-16,18H2,1-3H3;2*1H. The van der Waals surface area contributed by atoms with Gasteiger partial charge in [-0.05, 0) is 106 Å². The van der Waals surface area contributed by atoms with Crippen LogP contribution in [-0.4, -0.2) is 45.8 Å². The van der Waals surface area contributed by atoms with E-state index in [1.807, 2.05) is 12.1 Å². The number of piperidine rings is 1. The first-order valence-electron chi connectivity index (χ1n) is 10.6. The normalized spacial score (nSPS) is 15.1. The van der Waals surface area contributed by atoms with Crippen molar-refractivity contribution >= 4 is 40.3 Å². The highest BCUT2D eigenvalue weighted by Gasteiger charge is 2.19. The molecule has 31 heavy (non-hydrogen) atoms. The van der Waals surface area contributed by atoms with Crippen molar-refractivity contribution in [3.05, 3.63) is 59.2 Å². The summed E-state index contributed by atoms with van der Waals surface area (Å²) in [5.74, 6) is 0.698. The lowest BCUT2D eigenvalue weighted by Gasteiger charge is -2.32.